The largest absolute Gasteiger partial charge is 0.481 e. The summed E-state index contributed by atoms with van der Waals surface area (Å²) >= 11 is 0. The molecule has 8 nitrogen and oxygen atoms in total. The minimum Gasteiger partial charge on any atom is -0.481 e. The van der Waals surface area contributed by atoms with Gasteiger partial charge in [-0.3, -0.25) is 9.59 Å². The SMILES string of the molecule is CN(C[C@]1(O)CCCN(c2nccn3cccc23)C1)C(=O)CC(C)(C)CC(=O)O. The summed E-state index contributed by atoms with van der Waals surface area (Å²) in [6.45, 7) is 4.93. The van der Waals surface area contributed by atoms with Crippen molar-refractivity contribution in [3.05, 3.63) is 30.7 Å². The molecule has 8 heteroatoms. The molecule has 1 aliphatic rings. The van der Waals surface area contributed by atoms with E-state index in [-0.39, 0.29) is 25.3 Å². The second-order valence-corrected chi connectivity index (χ2v) is 8.96. The summed E-state index contributed by atoms with van der Waals surface area (Å²) in [5, 5.41) is 20.2. The molecule has 0 radical (unpaired) electrons. The molecule has 2 N–H and O–H groups in total. The number of carbonyl (C=O) groups excluding carboxylic acids is 1. The molecule has 2 aromatic rings. The van der Waals surface area contributed by atoms with Gasteiger partial charge in [-0.2, -0.15) is 0 Å². The summed E-state index contributed by atoms with van der Waals surface area (Å²) in [6.07, 6.45) is 7.05. The fourth-order valence-electron chi connectivity index (χ4n) is 4.17. The average Bonchev–Trinajstić information content (AvgIpc) is 3.08. The molecule has 1 amide bonds. The standard InChI is InChI=1S/C21H30N4O4/c1-20(2,13-18(27)28)12-17(26)23(3)14-21(29)7-5-10-25(15-21)19-16-6-4-9-24(16)11-8-22-19/h4,6,8-9,11,29H,5,7,10,12-15H2,1-3H3,(H,27,28)/t21-/m1/s1. The molecule has 0 saturated carbocycles. The summed E-state index contributed by atoms with van der Waals surface area (Å²) < 4.78 is 2.00. The molecule has 158 valence electrons. The Morgan fingerprint density at radius 1 is 1.31 bits per heavy atom. The van der Waals surface area contributed by atoms with E-state index in [1.165, 1.54) is 4.90 Å². The Labute approximate surface area is 170 Å². The predicted molar refractivity (Wildman–Crippen MR) is 110 cm³/mol. The molecule has 1 fully saturated rings. The lowest BCUT2D eigenvalue weighted by Gasteiger charge is -2.42. The van der Waals surface area contributed by atoms with E-state index >= 15 is 0 Å². The van der Waals surface area contributed by atoms with Crippen LogP contribution in [0.15, 0.2) is 30.7 Å². The van der Waals surface area contributed by atoms with Gasteiger partial charge in [-0.15, -0.1) is 0 Å². The maximum absolute atomic E-state index is 12.6. The zero-order valence-corrected chi connectivity index (χ0v) is 17.3. The number of hydrogen-bond donors (Lipinski definition) is 2. The first-order valence-corrected chi connectivity index (χ1v) is 9.93. The zero-order valence-electron chi connectivity index (χ0n) is 17.3. The number of fused-ring (bicyclic) bond motifs is 1. The quantitative estimate of drug-likeness (QED) is 0.735. The van der Waals surface area contributed by atoms with E-state index in [4.69, 9.17) is 5.11 Å². The van der Waals surface area contributed by atoms with Gasteiger partial charge in [0.25, 0.3) is 0 Å². The van der Waals surface area contributed by atoms with Crippen LogP contribution < -0.4 is 4.90 Å². The van der Waals surface area contributed by atoms with Crippen molar-refractivity contribution in [1.82, 2.24) is 14.3 Å². The first-order valence-electron chi connectivity index (χ1n) is 9.93. The minimum atomic E-state index is -1.04. The van der Waals surface area contributed by atoms with Gasteiger partial charge in [-0.05, 0) is 30.4 Å². The van der Waals surface area contributed by atoms with Crippen LogP contribution in [0, 0.1) is 5.41 Å². The summed E-state index contributed by atoms with van der Waals surface area (Å²) in [7, 11) is 1.67. The van der Waals surface area contributed by atoms with Gasteiger partial charge in [0, 0.05) is 45.1 Å². The fraction of sp³-hybridized carbons (Fsp3) is 0.571. The van der Waals surface area contributed by atoms with Crippen molar-refractivity contribution in [1.29, 1.82) is 0 Å². The van der Waals surface area contributed by atoms with Crippen molar-refractivity contribution < 1.29 is 19.8 Å². The molecule has 0 aliphatic carbocycles. The van der Waals surface area contributed by atoms with Gasteiger partial charge in [0.15, 0.2) is 5.82 Å². The van der Waals surface area contributed by atoms with Crippen LogP contribution in [0.3, 0.4) is 0 Å². The number of anilines is 1. The highest BCUT2D eigenvalue weighted by atomic mass is 16.4. The number of carboxylic acid groups (broad SMARTS) is 1. The Hall–Kier alpha value is -2.61. The average molecular weight is 402 g/mol. The topological polar surface area (TPSA) is 98.4 Å². The van der Waals surface area contributed by atoms with Gasteiger partial charge in [0.2, 0.25) is 5.91 Å². The third-order valence-electron chi connectivity index (χ3n) is 5.50. The smallest absolute Gasteiger partial charge is 0.303 e. The highest BCUT2D eigenvalue weighted by Crippen LogP contribution is 2.30. The lowest BCUT2D eigenvalue weighted by molar-refractivity contribution is -0.141. The predicted octanol–water partition coefficient (Wildman–Crippen LogP) is 2.01. The van der Waals surface area contributed by atoms with Crippen molar-refractivity contribution in [2.45, 2.75) is 45.1 Å². The van der Waals surface area contributed by atoms with Crippen molar-refractivity contribution in [2.75, 3.05) is 31.6 Å². The van der Waals surface area contributed by atoms with E-state index in [0.717, 1.165) is 24.3 Å². The van der Waals surface area contributed by atoms with Crippen molar-refractivity contribution in [2.24, 2.45) is 5.41 Å². The number of amides is 1. The van der Waals surface area contributed by atoms with E-state index in [9.17, 15) is 14.7 Å². The number of hydrogen-bond acceptors (Lipinski definition) is 5. The summed E-state index contributed by atoms with van der Waals surface area (Å²) in [6, 6.07) is 3.96. The number of nitrogens with zero attached hydrogens (tertiary/aromatic N) is 4. The van der Waals surface area contributed by atoms with E-state index in [1.807, 2.05) is 28.9 Å². The molecular formula is C21H30N4O4. The van der Waals surface area contributed by atoms with E-state index < -0.39 is 17.0 Å². The number of β-amino-alcohol motifs (C(OH)–C–C–N with tert-alkyl or cyclic N) is 1. The Bertz CT molecular complexity index is 894. The van der Waals surface area contributed by atoms with Crippen molar-refractivity contribution in [3.63, 3.8) is 0 Å². The fourth-order valence-corrected chi connectivity index (χ4v) is 4.17. The van der Waals surface area contributed by atoms with E-state index in [1.54, 1.807) is 27.1 Å². The molecule has 1 atom stereocenters. The Balaban J connectivity index is 1.67. The number of aliphatic carboxylic acids is 1. The Kier molecular flexibility index (Phi) is 5.84. The van der Waals surface area contributed by atoms with Crippen LogP contribution in [0.1, 0.15) is 39.5 Å². The lowest BCUT2D eigenvalue weighted by atomic mass is 9.85. The van der Waals surface area contributed by atoms with Crippen LogP contribution in [0.4, 0.5) is 5.82 Å². The van der Waals surface area contributed by atoms with Gasteiger partial charge in [-0.1, -0.05) is 13.8 Å². The van der Waals surface area contributed by atoms with Gasteiger partial charge in [-0.25, -0.2) is 4.98 Å². The molecule has 1 aliphatic heterocycles. The third kappa shape index (κ3) is 5.06. The minimum absolute atomic E-state index is 0.0718. The molecular weight excluding hydrogens is 372 g/mol. The zero-order chi connectivity index (χ0) is 21.2. The van der Waals surface area contributed by atoms with Crippen LogP contribution >= 0.6 is 0 Å². The molecule has 3 rings (SSSR count). The maximum Gasteiger partial charge on any atom is 0.303 e. The van der Waals surface area contributed by atoms with Gasteiger partial charge >= 0.3 is 5.97 Å². The number of carbonyl (C=O) groups is 2. The van der Waals surface area contributed by atoms with E-state index in [0.29, 0.717) is 13.0 Å². The summed E-state index contributed by atoms with van der Waals surface area (Å²) in [5.74, 6) is -0.250. The third-order valence-corrected chi connectivity index (χ3v) is 5.50. The number of aliphatic hydroxyl groups is 1. The highest BCUT2D eigenvalue weighted by molar-refractivity contribution is 5.78. The molecule has 0 aromatic carbocycles. The number of likely N-dealkylation sites (N-methyl/N-ethyl adjacent to an activating group) is 1. The van der Waals surface area contributed by atoms with Crippen molar-refractivity contribution >= 4 is 23.2 Å². The van der Waals surface area contributed by atoms with Crippen molar-refractivity contribution in [3.8, 4) is 0 Å². The van der Waals surface area contributed by atoms with Gasteiger partial charge in [0.1, 0.15) is 0 Å². The number of aromatic nitrogens is 2. The van der Waals surface area contributed by atoms with Crippen LogP contribution in [0.2, 0.25) is 0 Å². The number of carboxylic acids is 1. The van der Waals surface area contributed by atoms with Crippen LogP contribution in [0.5, 0.6) is 0 Å². The molecule has 2 aromatic heterocycles. The normalized spacial score (nSPS) is 20.1. The summed E-state index contributed by atoms with van der Waals surface area (Å²) in [4.78, 5) is 31.8. The molecule has 0 bridgehead atoms. The van der Waals surface area contributed by atoms with Gasteiger partial charge < -0.3 is 24.4 Å². The van der Waals surface area contributed by atoms with Crippen LogP contribution in [-0.2, 0) is 9.59 Å². The maximum atomic E-state index is 12.6. The second-order valence-electron chi connectivity index (χ2n) is 8.96. The highest BCUT2D eigenvalue weighted by Gasteiger charge is 2.37. The lowest BCUT2D eigenvalue weighted by Crippen LogP contribution is -2.55. The number of piperidine rings is 1. The van der Waals surface area contributed by atoms with E-state index in [2.05, 4.69) is 9.88 Å². The van der Waals surface area contributed by atoms with Crippen LogP contribution in [0.25, 0.3) is 5.52 Å². The Morgan fingerprint density at radius 2 is 2.07 bits per heavy atom. The molecule has 29 heavy (non-hydrogen) atoms. The first-order chi connectivity index (χ1) is 13.6. The Morgan fingerprint density at radius 3 is 2.79 bits per heavy atom. The monoisotopic (exact) mass is 402 g/mol. The van der Waals surface area contributed by atoms with Gasteiger partial charge in [0.05, 0.1) is 24.1 Å². The number of rotatable bonds is 7. The summed E-state index contributed by atoms with van der Waals surface area (Å²) in [5.41, 5.74) is -0.690. The first kappa shape index (κ1) is 21.1. The van der Waals surface area contributed by atoms with Crippen LogP contribution in [-0.4, -0.2) is 68.7 Å². The molecule has 1 saturated heterocycles. The second kappa shape index (κ2) is 8.02. The molecule has 0 spiro atoms. The molecule has 3 heterocycles. The molecule has 0 unspecified atom stereocenters.